The van der Waals surface area contributed by atoms with E-state index in [1.165, 1.54) is 12.1 Å². The summed E-state index contributed by atoms with van der Waals surface area (Å²) in [6.07, 6.45) is 1.89. The third-order valence-electron chi connectivity index (χ3n) is 4.17. The van der Waals surface area contributed by atoms with E-state index in [0.717, 1.165) is 0 Å². The van der Waals surface area contributed by atoms with E-state index in [0.29, 0.717) is 24.8 Å². The van der Waals surface area contributed by atoms with Gasteiger partial charge in [-0.2, -0.15) is 0 Å². The predicted octanol–water partition coefficient (Wildman–Crippen LogP) is 2.27. The molecule has 21 heavy (non-hydrogen) atoms. The van der Waals surface area contributed by atoms with Gasteiger partial charge < -0.3 is 5.11 Å². The monoisotopic (exact) mass is 311 g/mol. The summed E-state index contributed by atoms with van der Waals surface area (Å²) in [6.45, 7) is 5.56. The van der Waals surface area contributed by atoms with Crippen molar-refractivity contribution in [2.45, 2.75) is 55.9 Å². The van der Waals surface area contributed by atoms with Gasteiger partial charge in [-0.15, -0.1) is 0 Å². The standard InChI is InChI=1S/C15H21NO4S/c1-4-14(2,3)16-21(19,20)12-7-5-11(6-8-12)15(9-10-15)13(17)18/h5-8,16H,4,9-10H2,1-3H3,(H,17,18). The first-order valence-electron chi connectivity index (χ1n) is 7.01. The molecule has 1 saturated carbocycles. The van der Waals surface area contributed by atoms with E-state index >= 15 is 0 Å². The molecule has 0 spiro atoms. The van der Waals surface area contributed by atoms with Crippen LogP contribution < -0.4 is 4.72 Å². The van der Waals surface area contributed by atoms with E-state index in [4.69, 9.17) is 0 Å². The van der Waals surface area contributed by atoms with Crippen LogP contribution >= 0.6 is 0 Å². The van der Waals surface area contributed by atoms with Crippen LogP contribution in [0.15, 0.2) is 29.2 Å². The maximum atomic E-state index is 12.3. The smallest absolute Gasteiger partial charge is 0.314 e. The Balaban J connectivity index is 2.25. The van der Waals surface area contributed by atoms with E-state index in [-0.39, 0.29) is 4.90 Å². The van der Waals surface area contributed by atoms with Gasteiger partial charge in [0.15, 0.2) is 0 Å². The molecule has 2 rings (SSSR count). The van der Waals surface area contributed by atoms with E-state index in [9.17, 15) is 18.3 Å². The Bertz CT molecular complexity index is 643. The zero-order valence-corrected chi connectivity index (χ0v) is 13.3. The van der Waals surface area contributed by atoms with Crippen LogP contribution in [0.25, 0.3) is 0 Å². The van der Waals surface area contributed by atoms with Gasteiger partial charge >= 0.3 is 5.97 Å². The van der Waals surface area contributed by atoms with Crippen LogP contribution in [0.5, 0.6) is 0 Å². The second kappa shape index (κ2) is 5.10. The Morgan fingerprint density at radius 2 is 1.81 bits per heavy atom. The number of nitrogens with one attached hydrogen (secondary N) is 1. The molecule has 116 valence electrons. The Morgan fingerprint density at radius 1 is 1.29 bits per heavy atom. The van der Waals surface area contributed by atoms with Crippen LogP contribution in [0.4, 0.5) is 0 Å². The number of carbonyl (C=O) groups is 1. The minimum Gasteiger partial charge on any atom is -0.481 e. The summed E-state index contributed by atoms with van der Waals surface area (Å²) in [5, 5.41) is 9.24. The fourth-order valence-corrected chi connectivity index (χ4v) is 3.68. The van der Waals surface area contributed by atoms with E-state index in [2.05, 4.69) is 4.72 Å². The van der Waals surface area contributed by atoms with Gasteiger partial charge in [0.1, 0.15) is 0 Å². The van der Waals surface area contributed by atoms with Crippen LogP contribution in [-0.2, 0) is 20.2 Å². The summed E-state index contributed by atoms with van der Waals surface area (Å²) < 4.78 is 27.2. The summed E-state index contributed by atoms with van der Waals surface area (Å²) in [5.74, 6) is -0.844. The first-order valence-corrected chi connectivity index (χ1v) is 8.49. The van der Waals surface area contributed by atoms with Crippen molar-refractivity contribution in [3.63, 3.8) is 0 Å². The SMILES string of the molecule is CCC(C)(C)NS(=O)(=O)c1ccc(C2(C(=O)O)CC2)cc1. The van der Waals surface area contributed by atoms with Crippen LogP contribution in [-0.4, -0.2) is 25.0 Å². The quantitative estimate of drug-likeness (QED) is 0.844. The number of carboxylic acids is 1. The summed E-state index contributed by atoms with van der Waals surface area (Å²) in [6, 6.07) is 6.17. The summed E-state index contributed by atoms with van der Waals surface area (Å²) >= 11 is 0. The zero-order chi connectivity index (χ0) is 15.9. The molecule has 0 bridgehead atoms. The van der Waals surface area contributed by atoms with Crippen LogP contribution in [0, 0.1) is 0 Å². The average molecular weight is 311 g/mol. The molecule has 1 aliphatic carbocycles. The number of hydrogen-bond acceptors (Lipinski definition) is 3. The van der Waals surface area contributed by atoms with Gasteiger partial charge in [-0.3, -0.25) is 4.79 Å². The third kappa shape index (κ3) is 3.11. The van der Waals surface area contributed by atoms with Crippen LogP contribution in [0.2, 0.25) is 0 Å². The number of carboxylic acid groups (broad SMARTS) is 1. The highest BCUT2D eigenvalue weighted by atomic mass is 32.2. The Labute approximate surface area is 125 Å². The molecule has 1 aliphatic rings. The zero-order valence-electron chi connectivity index (χ0n) is 12.5. The van der Waals surface area contributed by atoms with Gasteiger partial charge in [-0.1, -0.05) is 19.1 Å². The number of benzene rings is 1. The molecule has 0 aromatic heterocycles. The largest absolute Gasteiger partial charge is 0.481 e. The predicted molar refractivity (Wildman–Crippen MR) is 79.7 cm³/mol. The van der Waals surface area contributed by atoms with Crippen molar-refractivity contribution in [1.82, 2.24) is 4.72 Å². The molecule has 0 radical (unpaired) electrons. The van der Waals surface area contributed by atoms with E-state index < -0.39 is 26.9 Å². The second-order valence-electron chi connectivity index (χ2n) is 6.25. The van der Waals surface area contributed by atoms with Gasteiger partial charge in [0.2, 0.25) is 10.0 Å². The molecule has 0 aliphatic heterocycles. The number of aliphatic carboxylic acids is 1. The van der Waals surface area contributed by atoms with Crippen molar-refractivity contribution < 1.29 is 18.3 Å². The minimum absolute atomic E-state index is 0.161. The molecule has 0 saturated heterocycles. The molecule has 5 nitrogen and oxygen atoms in total. The molecule has 0 amide bonds. The first-order chi connectivity index (χ1) is 9.63. The number of rotatable bonds is 6. The lowest BCUT2D eigenvalue weighted by Gasteiger charge is -2.24. The van der Waals surface area contributed by atoms with Gasteiger partial charge in [0.05, 0.1) is 10.3 Å². The molecule has 0 atom stereocenters. The Morgan fingerprint density at radius 3 is 2.19 bits per heavy atom. The topological polar surface area (TPSA) is 83.5 Å². The highest BCUT2D eigenvalue weighted by molar-refractivity contribution is 7.89. The normalized spacial score (nSPS) is 17.5. The summed E-state index contributed by atoms with van der Waals surface area (Å²) in [7, 11) is -3.59. The van der Waals surface area contributed by atoms with Gasteiger partial charge in [-0.05, 0) is 50.8 Å². The van der Waals surface area contributed by atoms with Crippen molar-refractivity contribution in [2.24, 2.45) is 0 Å². The molecule has 1 aromatic carbocycles. The highest BCUT2D eigenvalue weighted by Crippen LogP contribution is 2.48. The van der Waals surface area contributed by atoms with Crippen molar-refractivity contribution in [2.75, 3.05) is 0 Å². The fourth-order valence-electron chi connectivity index (χ4n) is 2.20. The highest BCUT2D eigenvalue weighted by Gasteiger charge is 2.51. The second-order valence-corrected chi connectivity index (χ2v) is 7.94. The first kappa shape index (κ1) is 16.0. The molecular weight excluding hydrogens is 290 g/mol. The van der Waals surface area contributed by atoms with Crippen molar-refractivity contribution in [3.8, 4) is 0 Å². The average Bonchev–Trinajstić information content (AvgIpc) is 3.19. The lowest BCUT2D eigenvalue weighted by Crippen LogP contribution is -2.42. The van der Waals surface area contributed by atoms with Crippen LogP contribution in [0.3, 0.4) is 0 Å². The lowest BCUT2D eigenvalue weighted by molar-refractivity contribution is -0.140. The number of sulfonamides is 1. The Hall–Kier alpha value is -1.40. The van der Waals surface area contributed by atoms with E-state index in [1.54, 1.807) is 12.1 Å². The minimum atomic E-state index is -3.59. The maximum Gasteiger partial charge on any atom is 0.314 e. The van der Waals surface area contributed by atoms with Crippen molar-refractivity contribution >= 4 is 16.0 Å². The van der Waals surface area contributed by atoms with Gasteiger partial charge in [0, 0.05) is 5.54 Å². The van der Waals surface area contributed by atoms with Gasteiger partial charge in [-0.25, -0.2) is 13.1 Å². The molecule has 1 aromatic rings. The van der Waals surface area contributed by atoms with Crippen molar-refractivity contribution in [3.05, 3.63) is 29.8 Å². The lowest BCUT2D eigenvalue weighted by atomic mass is 9.96. The molecule has 1 fully saturated rings. The summed E-state index contributed by atoms with van der Waals surface area (Å²) in [5.41, 5.74) is -0.655. The van der Waals surface area contributed by atoms with Crippen LogP contribution in [0.1, 0.15) is 45.6 Å². The summed E-state index contributed by atoms with van der Waals surface area (Å²) in [4.78, 5) is 11.4. The Kier molecular flexibility index (Phi) is 3.88. The molecule has 6 heteroatoms. The molecule has 0 heterocycles. The van der Waals surface area contributed by atoms with Gasteiger partial charge in [0.25, 0.3) is 0 Å². The van der Waals surface area contributed by atoms with E-state index in [1.807, 2.05) is 20.8 Å². The third-order valence-corrected chi connectivity index (χ3v) is 5.89. The molecular formula is C15H21NO4S. The molecule has 0 unspecified atom stereocenters. The number of hydrogen-bond donors (Lipinski definition) is 2. The van der Waals surface area contributed by atoms with Crippen molar-refractivity contribution in [1.29, 1.82) is 0 Å². The molecule has 2 N–H and O–H groups in total. The fraction of sp³-hybridized carbons (Fsp3) is 0.533. The maximum absolute atomic E-state index is 12.3.